The highest BCUT2D eigenvalue weighted by molar-refractivity contribution is 6.65. The second-order valence-corrected chi connectivity index (χ2v) is 6.44. The second-order valence-electron chi connectivity index (χ2n) is 1.33. The van der Waals surface area contributed by atoms with Crippen molar-refractivity contribution in [1.29, 1.82) is 0 Å². The average molecular weight is 186 g/mol. The summed E-state index contributed by atoms with van der Waals surface area (Å²) < 4.78 is 13.1. The lowest BCUT2D eigenvalue weighted by molar-refractivity contribution is 0.132. The molecule has 0 spiro atoms. The van der Waals surface area contributed by atoms with Crippen LogP contribution in [0.4, 0.5) is 0 Å². The van der Waals surface area contributed by atoms with Crippen molar-refractivity contribution >= 4 is 28.6 Å². The summed E-state index contributed by atoms with van der Waals surface area (Å²) in [4.78, 5) is 25.8. The van der Waals surface area contributed by atoms with Crippen molar-refractivity contribution in [1.82, 2.24) is 0 Å². The summed E-state index contributed by atoms with van der Waals surface area (Å²) in [6.07, 6.45) is 0. The van der Waals surface area contributed by atoms with Crippen molar-refractivity contribution < 1.29 is 26.7 Å². The molecule has 0 amide bonds. The molecule has 9 heavy (non-hydrogen) atoms. The highest BCUT2D eigenvalue weighted by atomic mass is 28.5. The van der Waals surface area contributed by atoms with Gasteiger partial charge in [0.05, 0.1) is 0 Å². The Labute approximate surface area is 56.1 Å². The van der Waals surface area contributed by atoms with Crippen LogP contribution >= 0.6 is 0 Å². The molecule has 0 saturated carbocycles. The predicted molar refractivity (Wildman–Crippen MR) is 31.4 cm³/mol. The fraction of sp³-hybridized carbons (Fsp3) is 0. The molecule has 0 bridgehead atoms. The molecule has 0 aromatic carbocycles. The van der Waals surface area contributed by atoms with Crippen LogP contribution < -0.4 is 0 Å². The van der Waals surface area contributed by atoms with E-state index in [-0.39, 0.29) is 0 Å². The first kappa shape index (κ1) is 7.52. The summed E-state index contributed by atoms with van der Waals surface area (Å²) in [5.74, 6) is 0. The summed E-state index contributed by atoms with van der Waals surface area (Å²) in [5.41, 5.74) is 0. The van der Waals surface area contributed by atoms with Crippen LogP contribution in [0.3, 0.4) is 0 Å². The third-order valence-electron chi connectivity index (χ3n) is 0.698. The van der Waals surface area contributed by atoms with E-state index >= 15 is 0 Å². The van der Waals surface area contributed by atoms with Gasteiger partial charge >= 0.3 is 28.6 Å². The second kappa shape index (κ2) is 3.00. The van der Waals surface area contributed by atoms with Crippen LogP contribution in [0.5, 0.6) is 0 Å². The average Bonchev–Trinajstić information content (AvgIpc) is 1.59. The lowest BCUT2D eigenvalue weighted by atomic mass is 15.6. The fourth-order valence-electron chi connectivity index (χ4n) is 0.395. The zero-order valence-corrected chi connectivity index (χ0v) is 7.76. The van der Waals surface area contributed by atoms with E-state index in [1.807, 2.05) is 0 Å². The molecule has 6 nitrogen and oxygen atoms in total. The number of rotatable bonds is 0. The van der Waals surface area contributed by atoms with E-state index in [1.54, 1.807) is 0 Å². The van der Waals surface area contributed by atoms with Crippen molar-refractivity contribution in [3.63, 3.8) is 0 Å². The molecule has 54 valence electrons. The zero-order chi connectivity index (χ0) is 6.85. The summed E-state index contributed by atoms with van der Waals surface area (Å²) in [6.45, 7) is 0. The lowest BCUT2D eigenvalue weighted by Gasteiger charge is -2.23. The van der Waals surface area contributed by atoms with E-state index in [0.717, 1.165) is 0 Å². The molecule has 1 aliphatic heterocycles. The Morgan fingerprint density at radius 2 is 0.889 bits per heavy atom. The van der Waals surface area contributed by atoms with Gasteiger partial charge in [-0.1, -0.05) is 0 Å². The Kier molecular flexibility index (Phi) is 2.50. The van der Waals surface area contributed by atoms with Gasteiger partial charge in [0.15, 0.2) is 0 Å². The third kappa shape index (κ3) is 2.24. The topological polar surface area (TPSA) is 88.4 Å². The predicted octanol–water partition coefficient (Wildman–Crippen LogP) is -3.82. The van der Waals surface area contributed by atoms with E-state index in [2.05, 4.69) is 12.3 Å². The Balaban J connectivity index is 2.34. The molecule has 0 radical (unpaired) electrons. The third-order valence-corrected chi connectivity index (χ3v) is 6.29. The molecule has 0 atom stereocenters. The summed E-state index contributed by atoms with van der Waals surface area (Å²) >= 11 is 0. The molecule has 0 aromatic rings. The van der Waals surface area contributed by atoms with Gasteiger partial charge in [0.25, 0.3) is 0 Å². The summed E-state index contributed by atoms with van der Waals surface area (Å²) in [6, 6.07) is 0. The number of hydrogen-bond donors (Lipinski definition) is 3. The number of hydrogen-bond acceptors (Lipinski definition) is 6. The van der Waals surface area contributed by atoms with Crippen molar-refractivity contribution in [3.05, 3.63) is 0 Å². The Morgan fingerprint density at radius 3 is 1.11 bits per heavy atom. The minimum atomic E-state index is -2.71. The van der Waals surface area contributed by atoms with Crippen LogP contribution in [-0.2, 0) is 12.3 Å². The Bertz CT molecular complexity index is 69.3. The highest BCUT2D eigenvalue weighted by Crippen LogP contribution is 2.00. The van der Waals surface area contributed by atoms with Crippen LogP contribution in [0.25, 0.3) is 0 Å². The first-order chi connectivity index (χ1) is 4.18. The molecule has 1 fully saturated rings. The molecular formula is H6O6Si3. The molecule has 0 aliphatic carbocycles. The largest absolute Gasteiger partial charge is 0.466 e. The molecule has 0 aromatic heterocycles. The van der Waals surface area contributed by atoms with E-state index < -0.39 is 28.6 Å². The monoisotopic (exact) mass is 186 g/mol. The van der Waals surface area contributed by atoms with Gasteiger partial charge in [0.2, 0.25) is 0 Å². The normalized spacial score (nSPS) is 45.0. The fourth-order valence-corrected chi connectivity index (χ4v) is 5.29. The van der Waals surface area contributed by atoms with Gasteiger partial charge in [0.1, 0.15) is 0 Å². The maximum atomic E-state index is 8.61. The zero-order valence-electron chi connectivity index (χ0n) is 4.30. The maximum Gasteiger partial charge on any atom is 0.466 e. The Morgan fingerprint density at radius 1 is 0.667 bits per heavy atom. The van der Waals surface area contributed by atoms with Gasteiger partial charge in [-0.3, -0.25) is 0 Å². The standard InChI is InChI=1S/H6O6Si3/c1-7-4-8(2)6-9(3)5-7/h1-3,7-9H. The van der Waals surface area contributed by atoms with Gasteiger partial charge in [0, 0.05) is 0 Å². The van der Waals surface area contributed by atoms with Crippen LogP contribution in [0.15, 0.2) is 0 Å². The molecule has 1 saturated heterocycles. The lowest BCUT2D eigenvalue weighted by Crippen LogP contribution is -2.49. The smallest absolute Gasteiger partial charge is 0.393 e. The van der Waals surface area contributed by atoms with Crippen molar-refractivity contribution in [2.75, 3.05) is 0 Å². The van der Waals surface area contributed by atoms with E-state index in [1.165, 1.54) is 0 Å². The first-order valence-electron chi connectivity index (χ1n) is 2.19. The highest BCUT2D eigenvalue weighted by Gasteiger charge is 2.32. The van der Waals surface area contributed by atoms with E-state index in [9.17, 15) is 0 Å². The van der Waals surface area contributed by atoms with Crippen molar-refractivity contribution in [3.8, 4) is 0 Å². The minimum absolute atomic E-state index is 2.71. The first-order valence-corrected chi connectivity index (χ1v) is 6.57. The van der Waals surface area contributed by atoms with Gasteiger partial charge in [-0.15, -0.1) is 0 Å². The van der Waals surface area contributed by atoms with Crippen molar-refractivity contribution in [2.24, 2.45) is 0 Å². The van der Waals surface area contributed by atoms with E-state index in [4.69, 9.17) is 14.4 Å². The summed E-state index contributed by atoms with van der Waals surface area (Å²) in [7, 11) is -8.14. The van der Waals surface area contributed by atoms with Gasteiger partial charge in [-0.2, -0.15) is 0 Å². The van der Waals surface area contributed by atoms with E-state index in [0.29, 0.717) is 0 Å². The Hall–Kier alpha value is 0.411. The molecule has 0 unspecified atom stereocenters. The van der Waals surface area contributed by atoms with Gasteiger partial charge < -0.3 is 26.7 Å². The maximum absolute atomic E-state index is 8.61. The van der Waals surface area contributed by atoms with Crippen LogP contribution in [-0.4, -0.2) is 43.0 Å². The molecule has 1 heterocycles. The molecular weight excluding hydrogens is 180 g/mol. The molecule has 1 aliphatic rings. The van der Waals surface area contributed by atoms with Crippen LogP contribution in [0, 0.1) is 0 Å². The molecule has 3 N–H and O–H groups in total. The quantitative estimate of drug-likeness (QED) is 0.336. The molecule has 1 rings (SSSR count). The van der Waals surface area contributed by atoms with Gasteiger partial charge in [-0.25, -0.2) is 0 Å². The summed E-state index contributed by atoms with van der Waals surface area (Å²) in [5, 5.41) is 0. The van der Waals surface area contributed by atoms with Crippen LogP contribution in [0.1, 0.15) is 0 Å². The minimum Gasteiger partial charge on any atom is -0.393 e. The van der Waals surface area contributed by atoms with Crippen LogP contribution in [0.2, 0.25) is 0 Å². The molecule has 9 heteroatoms. The van der Waals surface area contributed by atoms with Gasteiger partial charge in [-0.05, 0) is 0 Å². The SMILES string of the molecule is O[SiH]1O[SiH](O)O[SiH](O)O1. The van der Waals surface area contributed by atoms with Crippen molar-refractivity contribution in [2.45, 2.75) is 0 Å².